The summed E-state index contributed by atoms with van der Waals surface area (Å²) < 4.78 is 13.3. The molecule has 30 heavy (non-hydrogen) atoms. The highest BCUT2D eigenvalue weighted by Crippen LogP contribution is 2.22. The average molecular weight is 435 g/mol. The summed E-state index contributed by atoms with van der Waals surface area (Å²) in [7, 11) is -1.12. The lowest BCUT2D eigenvalue weighted by atomic mass is 10.1. The molecule has 0 unspecified atom stereocenters. The second kappa shape index (κ2) is 10.4. The molecule has 0 radical (unpaired) electrons. The van der Waals surface area contributed by atoms with Gasteiger partial charge in [-0.2, -0.15) is 0 Å². The normalized spacial score (nSPS) is 12.4. The number of amides is 1. The predicted octanol–water partition coefficient (Wildman–Crippen LogP) is 4.26. The number of aryl methyl sites for hydroxylation is 1. The van der Waals surface area contributed by atoms with Gasteiger partial charge in [0.1, 0.15) is 18.2 Å². The van der Waals surface area contributed by atoms with E-state index >= 15 is 0 Å². The first kappa shape index (κ1) is 24.4. The molecule has 0 aliphatic carbocycles. The molecule has 7 nitrogen and oxygen atoms in total. The summed E-state index contributed by atoms with van der Waals surface area (Å²) in [5, 5.41) is 2.81. The van der Waals surface area contributed by atoms with Crippen LogP contribution >= 0.6 is 0 Å². The van der Waals surface area contributed by atoms with Crippen molar-refractivity contribution in [1.82, 2.24) is 14.9 Å². The summed E-state index contributed by atoms with van der Waals surface area (Å²) in [5.41, 5.74) is 8.61. The van der Waals surface area contributed by atoms with Crippen LogP contribution in [0.1, 0.15) is 38.6 Å². The molecule has 8 heteroatoms. The maximum Gasteiger partial charge on any atom is 0.407 e. The third-order valence-electron chi connectivity index (χ3n) is 4.63. The van der Waals surface area contributed by atoms with Crippen molar-refractivity contribution in [3.05, 3.63) is 29.6 Å². The molecule has 0 spiro atoms. The molecule has 0 aliphatic heterocycles. The molecule has 0 saturated heterocycles. The summed E-state index contributed by atoms with van der Waals surface area (Å²) in [5.74, 6) is 0.831. The van der Waals surface area contributed by atoms with E-state index in [-0.39, 0.29) is 6.09 Å². The molecule has 2 rings (SSSR count). The van der Waals surface area contributed by atoms with Crippen LogP contribution in [0.25, 0.3) is 11.0 Å². The van der Waals surface area contributed by atoms with Gasteiger partial charge in [0.2, 0.25) is 0 Å². The maximum absolute atomic E-state index is 11.8. The molecular formula is C22H38N4O3Si. The van der Waals surface area contributed by atoms with E-state index in [1.54, 1.807) is 0 Å². The molecule has 1 amide bonds. The van der Waals surface area contributed by atoms with Crippen molar-refractivity contribution < 1.29 is 14.3 Å². The van der Waals surface area contributed by atoms with Crippen molar-refractivity contribution in [3.8, 4) is 0 Å². The number of hydrogen-bond acceptors (Lipinski definition) is 5. The quantitative estimate of drug-likeness (QED) is 0.430. The first-order valence-electron chi connectivity index (χ1n) is 10.7. The smallest absolute Gasteiger partial charge is 0.407 e. The molecule has 0 saturated carbocycles. The monoisotopic (exact) mass is 434 g/mol. The standard InChI is InChI=1S/C22H38N4O3Si/c1-22(2,3)29-21(27)24-12-8-10-17-9-7-11-18-20(17)25-19(15-23)26(18)16-28-13-14-30(4,5)6/h7,9,11H,8,10,12-16,23H2,1-6H3,(H,24,27). The van der Waals surface area contributed by atoms with E-state index in [2.05, 4.69) is 41.7 Å². The van der Waals surface area contributed by atoms with Crippen molar-refractivity contribution in [1.29, 1.82) is 0 Å². The Kier molecular flexibility index (Phi) is 8.46. The fourth-order valence-corrected chi connectivity index (χ4v) is 3.83. The zero-order valence-electron chi connectivity index (χ0n) is 19.4. The molecule has 0 bridgehead atoms. The highest BCUT2D eigenvalue weighted by Gasteiger charge is 2.17. The lowest BCUT2D eigenvalue weighted by Gasteiger charge is -2.19. The van der Waals surface area contributed by atoms with Crippen molar-refractivity contribution in [2.45, 2.75) is 78.2 Å². The van der Waals surface area contributed by atoms with Gasteiger partial charge >= 0.3 is 6.09 Å². The zero-order chi connectivity index (χ0) is 22.4. The molecule has 2 aromatic rings. The van der Waals surface area contributed by atoms with E-state index in [4.69, 9.17) is 20.2 Å². The largest absolute Gasteiger partial charge is 0.444 e. The highest BCUT2D eigenvalue weighted by atomic mass is 28.3. The Hall–Kier alpha value is -1.90. The molecule has 0 fully saturated rings. The minimum Gasteiger partial charge on any atom is -0.444 e. The fraction of sp³-hybridized carbons (Fsp3) is 0.636. The predicted molar refractivity (Wildman–Crippen MR) is 124 cm³/mol. The molecule has 1 aromatic heterocycles. The van der Waals surface area contributed by atoms with E-state index in [1.807, 2.05) is 26.8 Å². The zero-order valence-corrected chi connectivity index (χ0v) is 20.4. The lowest BCUT2D eigenvalue weighted by molar-refractivity contribution is 0.0527. The number of nitrogens with one attached hydrogen (secondary N) is 1. The van der Waals surface area contributed by atoms with E-state index in [0.717, 1.165) is 47.9 Å². The van der Waals surface area contributed by atoms with Gasteiger partial charge in [-0.1, -0.05) is 31.8 Å². The first-order chi connectivity index (χ1) is 14.0. The number of imidazole rings is 1. The number of nitrogens with zero attached hydrogens (tertiary/aromatic N) is 2. The molecule has 3 N–H and O–H groups in total. The summed E-state index contributed by atoms with van der Waals surface area (Å²) in [6, 6.07) is 7.32. The molecule has 0 atom stereocenters. The Morgan fingerprint density at radius 2 is 2.00 bits per heavy atom. The summed E-state index contributed by atoms with van der Waals surface area (Å²) in [6.07, 6.45) is 1.23. The Balaban J connectivity index is 1.99. The lowest BCUT2D eigenvalue weighted by Crippen LogP contribution is -2.33. The third-order valence-corrected chi connectivity index (χ3v) is 6.34. The van der Waals surface area contributed by atoms with Crippen LogP contribution in [0.2, 0.25) is 25.7 Å². The van der Waals surface area contributed by atoms with Crippen molar-refractivity contribution in [3.63, 3.8) is 0 Å². The number of aromatic nitrogens is 2. The van der Waals surface area contributed by atoms with Gasteiger partial charge < -0.3 is 25.1 Å². The van der Waals surface area contributed by atoms with Crippen LogP contribution in [0, 0.1) is 0 Å². The van der Waals surface area contributed by atoms with Crippen LogP contribution in [0.3, 0.4) is 0 Å². The number of nitrogens with two attached hydrogens (primary N) is 1. The third kappa shape index (κ3) is 7.74. The van der Waals surface area contributed by atoms with E-state index < -0.39 is 13.7 Å². The summed E-state index contributed by atoms with van der Waals surface area (Å²) >= 11 is 0. The van der Waals surface area contributed by atoms with Gasteiger partial charge in [0.05, 0.1) is 17.6 Å². The van der Waals surface area contributed by atoms with Crippen LogP contribution < -0.4 is 11.1 Å². The number of fused-ring (bicyclic) bond motifs is 1. The number of rotatable bonds is 10. The van der Waals surface area contributed by atoms with E-state index in [0.29, 0.717) is 19.8 Å². The van der Waals surface area contributed by atoms with Crippen LogP contribution in [-0.2, 0) is 29.2 Å². The molecule has 1 aromatic carbocycles. The van der Waals surface area contributed by atoms with Crippen molar-refractivity contribution >= 4 is 25.2 Å². The molecule has 168 valence electrons. The topological polar surface area (TPSA) is 91.4 Å². The second-order valence-electron chi connectivity index (χ2n) is 9.83. The number of hydrogen-bond donors (Lipinski definition) is 2. The number of carbonyl (C=O) groups is 1. The Bertz CT molecular complexity index is 837. The number of para-hydroxylation sites is 1. The van der Waals surface area contributed by atoms with Crippen LogP contribution in [0.4, 0.5) is 4.79 Å². The Labute approximate surface area is 181 Å². The maximum atomic E-state index is 11.8. The van der Waals surface area contributed by atoms with E-state index in [1.165, 1.54) is 0 Å². The summed E-state index contributed by atoms with van der Waals surface area (Å²) in [4.78, 5) is 16.6. The number of alkyl carbamates (subject to hydrolysis) is 1. The van der Waals surface area contributed by atoms with Gasteiger partial charge in [-0.3, -0.25) is 0 Å². The van der Waals surface area contributed by atoms with Gasteiger partial charge in [-0.25, -0.2) is 9.78 Å². The number of carbonyl (C=O) groups excluding carboxylic acids is 1. The van der Waals surface area contributed by atoms with Crippen molar-refractivity contribution in [2.24, 2.45) is 5.73 Å². The van der Waals surface area contributed by atoms with Gasteiger partial charge in [0, 0.05) is 21.2 Å². The molecule has 0 aliphatic rings. The van der Waals surface area contributed by atoms with Crippen LogP contribution in [0.15, 0.2) is 18.2 Å². The number of ether oxygens (including phenoxy) is 2. The average Bonchev–Trinajstić information content (AvgIpc) is 2.98. The molecule has 1 heterocycles. The Morgan fingerprint density at radius 3 is 2.63 bits per heavy atom. The number of benzene rings is 1. The van der Waals surface area contributed by atoms with Crippen LogP contribution in [0.5, 0.6) is 0 Å². The summed E-state index contributed by atoms with van der Waals surface area (Å²) in [6.45, 7) is 14.7. The van der Waals surface area contributed by atoms with Gasteiger partial charge in [-0.05, 0) is 51.3 Å². The minimum absolute atomic E-state index is 0.367. The van der Waals surface area contributed by atoms with Gasteiger partial charge in [-0.15, -0.1) is 0 Å². The first-order valence-corrected chi connectivity index (χ1v) is 14.4. The highest BCUT2D eigenvalue weighted by molar-refractivity contribution is 6.76. The van der Waals surface area contributed by atoms with E-state index in [9.17, 15) is 4.79 Å². The van der Waals surface area contributed by atoms with Gasteiger partial charge in [0.25, 0.3) is 0 Å². The second-order valence-corrected chi connectivity index (χ2v) is 15.4. The Morgan fingerprint density at radius 1 is 1.27 bits per heavy atom. The van der Waals surface area contributed by atoms with Crippen molar-refractivity contribution in [2.75, 3.05) is 13.2 Å². The van der Waals surface area contributed by atoms with Crippen LogP contribution in [-0.4, -0.2) is 42.5 Å². The SMILES string of the molecule is CC(C)(C)OC(=O)NCCCc1cccc2c1nc(CN)n2COCC[Si](C)(C)C. The van der Waals surface area contributed by atoms with Gasteiger partial charge in [0.15, 0.2) is 0 Å². The fourth-order valence-electron chi connectivity index (χ4n) is 3.07. The molecular weight excluding hydrogens is 396 g/mol. The minimum atomic E-state index is -1.12.